The summed E-state index contributed by atoms with van der Waals surface area (Å²) in [6.45, 7) is 6.27. The number of amides is 1. The second-order valence-corrected chi connectivity index (χ2v) is 7.82. The predicted octanol–water partition coefficient (Wildman–Crippen LogP) is 1.49. The van der Waals surface area contributed by atoms with E-state index in [1.54, 1.807) is 24.0 Å². The number of nitrogens with zero attached hydrogens (tertiary/aromatic N) is 2. The molecule has 0 bridgehead atoms. The van der Waals surface area contributed by atoms with E-state index in [1.807, 2.05) is 36.6 Å². The third kappa shape index (κ3) is 7.82. The van der Waals surface area contributed by atoms with Gasteiger partial charge in [0.15, 0.2) is 0 Å². The molecule has 1 fully saturated rings. The monoisotopic (exact) mass is 450 g/mol. The third-order valence-corrected chi connectivity index (χ3v) is 5.73. The van der Waals surface area contributed by atoms with Crippen molar-refractivity contribution in [2.75, 3.05) is 19.7 Å². The third-order valence-electron chi connectivity index (χ3n) is 4.59. The Bertz CT molecular complexity index is 867. The van der Waals surface area contributed by atoms with Gasteiger partial charge in [-0.25, -0.2) is 11.8 Å². The van der Waals surface area contributed by atoms with E-state index in [4.69, 9.17) is 11.6 Å². The van der Waals surface area contributed by atoms with Crippen molar-refractivity contribution in [1.82, 2.24) is 4.90 Å². The summed E-state index contributed by atoms with van der Waals surface area (Å²) in [5, 5.41) is 9.27. The largest absolute Gasteiger partial charge is 1.00 e. The van der Waals surface area contributed by atoms with Gasteiger partial charge in [-0.1, -0.05) is 48.0 Å². The SMILES string of the molecule is O=[C-]c1cc(Cl)ccc1N=[C-]SC(C(=O)N1CC[C@@H](CO)C1)c1ccccc1.[CH2-]C.[Li+]. The van der Waals surface area contributed by atoms with Gasteiger partial charge in [-0.2, -0.15) is 12.5 Å². The van der Waals surface area contributed by atoms with Crippen LogP contribution in [-0.2, 0) is 9.59 Å². The van der Waals surface area contributed by atoms with E-state index < -0.39 is 5.25 Å². The van der Waals surface area contributed by atoms with Crippen molar-refractivity contribution in [2.24, 2.45) is 10.9 Å². The number of carbonyl (C=O) groups excluding carboxylic acids is 2. The van der Waals surface area contributed by atoms with E-state index in [-0.39, 0.29) is 42.9 Å². The van der Waals surface area contributed by atoms with Gasteiger partial charge in [-0.3, -0.25) is 4.79 Å². The van der Waals surface area contributed by atoms with Crippen LogP contribution in [0.5, 0.6) is 0 Å². The van der Waals surface area contributed by atoms with Gasteiger partial charge in [0.1, 0.15) is 0 Å². The van der Waals surface area contributed by atoms with Gasteiger partial charge in [-0.15, -0.1) is 23.4 Å². The molecule has 1 heterocycles. The first-order valence-electron chi connectivity index (χ1n) is 9.56. The summed E-state index contributed by atoms with van der Waals surface area (Å²) in [7, 11) is 0. The number of aliphatic hydroxyl groups is 1. The Kier molecular flexibility index (Phi) is 12.9. The fourth-order valence-electron chi connectivity index (χ4n) is 3.05. The van der Waals surface area contributed by atoms with Crippen LogP contribution >= 0.6 is 23.4 Å². The average Bonchev–Trinajstić information content (AvgIpc) is 3.28. The maximum absolute atomic E-state index is 13.1. The molecule has 1 N–H and O–H groups in total. The van der Waals surface area contributed by atoms with E-state index in [9.17, 15) is 14.7 Å². The fourth-order valence-corrected chi connectivity index (χ4v) is 4.02. The van der Waals surface area contributed by atoms with Crippen molar-refractivity contribution in [2.45, 2.75) is 18.6 Å². The molecule has 0 saturated carbocycles. The maximum Gasteiger partial charge on any atom is 1.00 e. The molecule has 0 aliphatic carbocycles. The zero-order chi connectivity index (χ0) is 21.9. The molecule has 2 aromatic carbocycles. The number of benzene rings is 2. The van der Waals surface area contributed by atoms with Crippen LogP contribution in [0.3, 0.4) is 0 Å². The number of rotatable bonds is 7. The maximum atomic E-state index is 13.1. The second kappa shape index (κ2) is 14.5. The van der Waals surface area contributed by atoms with Crippen LogP contribution in [0.15, 0.2) is 53.5 Å². The minimum atomic E-state index is -0.502. The first-order valence-corrected chi connectivity index (χ1v) is 10.8. The van der Waals surface area contributed by atoms with Crippen molar-refractivity contribution in [3.63, 3.8) is 0 Å². The molecule has 0 radical (unpaired) electrons. The van der Waals surface area contributed by atoms with Crippen LogP contribution in [0.2, 0.25) is 5.02 Å². The number of hydrogen-bond acceptors (Lipinski definition) is 5. The van der Waals surface area contributed by atoms with Crippen molar-refractivity contribution in [3.05, 3.63) is 71.6 Å². The molecule has 1 aliphatic rings. The Morgan fingerprint density at radius 1 is 1.32 bits per heavy atom. The van der Waals surface area contributed by atoms with Crippen molar-refractivity contribution >= 4 is 46.8 Å². The predicted molar refractivity (Wildman–Crippen MR) is 123 cm³/mol. The summed E-state index contributed by atoms with van der Waals surface area (Å²) in [5.74, 6) is 0.0934. The Hall–Kier alpha value is -1.55. The van der Waals surface area contributed by atoms with Crippen molar-refractivity contribution in [3.8, 4) is 0 Å². The summed E-state index contributed by atoms with van der Waals surface area (Å²) in [5.41, 5.74) is 4.34. The molecule has 2 aromatic rings. The minimum absolute atomic E-state index is 0. The summed E-state index contributed by atoms with van der Waals surface area (Å²) in [6.07, 6.45) is 2.61. The van der Waals surface area contributed by atoms with Crippen LogP contribution in [0.1, 0.15) is 29.7 Å². The zero-order valence-electron chi connectivity index (χ0n) is 17.8. The normalized spacial score (nSPS) is 16.3. The van der Waals surface area contributed by atoms with Crippen LogP contribution < -0.4 is 18.9 Å². The molecule has 5 nitrogen and oxygen atoms in total. The van der Waals surface area contributed by atoms with Crippen LogP contribution in [0.4, 0.5) is 5.69 Å². The molecule has 1 amide bonds. The summed E-state index contributed by atoms with van der Waals surface area (Å²) in [6, 6.07) is 14.2. The summed E-state index contributed by atoms with van der Waals surface area (Å²) >= 11 is 7.05. The molecule has 1 aliphatic heterocycles. The van der Waals surface area contributed by atoms with Gasteiger partial charge in [0.2, 0.25) is 5.91 Å². The van der Waals surface area contributed by atoms with Gasteiger partial charge in [-0.05, 0) is 17.0 Å². The molecular formula is C23H24ClLiN2O3S-2. The van der Waals surface area contributed by atoms with Crippen LogP contribution in [0, 0.1) is 12.8 Å². The molecule has 8 heteroatoms. The molecule has 1 unspecified atom stereocenters. The van der Waals surface area contributed by atoms with Crippen molar-refractivity contribution < 1.29 is 33.6 Å². The fraction of sp³-hybridized carbons (Fsp3) is 0.304. The Labute approximate surface area is 205 Å². The Balaban J connectivity index is 0.00000156. The van der Waals surface area contributed by atoms with Gasteiger partial charge < -0.3 is 26.7 Å². The number of carbonyl (C=O) groups is 1. The van der Waals surface area contributed by atoms with Gasteiger partial charge in [0.25, 0.3) is 0 Å². The Morgan fingerprint density at radius 3 is 2.65 bits per heavy atom. The molecule has 160 valence electrons. The Morgan fingerprint density at radius 2 is 2.03 bits per heavy atom. The smallest absolute Gasteiger partial charge is 0.446 e. The van der Waals surface area contributed by atoms with E-state index in [0.717, 1.165) is 23.7 Å². The van der Waals surface area contributed by atoms with E-state index in [0.29, 0.717) is 23.8 Å². The average molecular weight is 451 g/mol. The first kappa shape index (κ1) is 27.5. The van der Waals surface area contributed by atoms with Crippen LogP contribution in [-0.4, -0.2) is 47.4 Å². The molecule has 0 aromatic heterocycles. The topological polar surface area (TPSA) is 70.0 Å². The molecule has 1 saturated heterocycles. The molecule has 3 rings (SSSR count). The zero-order valence-corrected chi connectivity index (χ0v) is 19.3. The van der Waals surface area contributed by atoms with E-state index in [2.05, 4.69) is 17.5 Å². The summed E-state index contributed by atoms with van der Waals surface area (Å²) < 4.78 is 0. The van der Waals surface area contributed by atoms with Gasteiger partial charge in [0.05, 0.1) is 11.5 Å². The van der Waals surface area contributed by atoms with E-state index >= 15 is 0 Å². The number of thioether (sulfide) groups is 1. The van der Waals surface area contributed by atoms with Gasteiger partial charge in [0, 0.05) is 25.6 Å². The van der Waals surface area contributed by atoms with Crippen LogP contribution in [0.25, 0.3) is 0 Å². The van der Waals surface area contributed by atoms with Crippen molar-refractivity contribution in [1.29, 1.82) is 0 Å². The minimum Gasteiger partial charge on any atom is -0.446 e. The molecule has 31 heavy (non-hydrogen) atoms. The van der Waals surface area contributed by atoms with Gasteiger partial charge >= 0.3 is 18.9 Å². The van der Waals surface area contributed by atoms with E-state index in [1.165, 1.54) is 6.07 Å². The quantitative estimate of drug-likeness (QED) is 0.300. The number of likely N-dealkylation sites (tertiary alicyclic amines) is 1. The first-order chi connectivity index (χ1) is 14.6. The summed E-state index contributed by atoms with van der Waals surface area (Å²) in [4.78, 5) is 30.1. The number of hydrogen-bond donors (Lipinski definition) is 1. The second-order valence-electron chi connectivity index (χ2n) is 6.50. The standard InChI is InChI=1S/C21H19ClN2O3S.C2H5.Li/c22-18-6-7-19(17(10-18)13-26)23-14-28-20(16-4-2-1-3-5-16)21(27)24-9-8-15(11-24)12-25;1-2;/h1-7,10,15,20,25H,8-9,11-12H2;1H2,2H3;/q-2;-1;+1/t15-,20?;;/m1../s1. The number of aliphatic hydroxyl groups excluding tert-OH is 1. The molecule has 0 spiro atoms. The molecule has 2 atom stereocenters. The number of aliphatic imine (C=N–C) groups is 1. The molecular weight excluding hydrogens is 427 g/mol. The number of halogens is 1.